The maximum atomic E-state index is 13.0. The number of benzene rings is 1. The number of carbonyl (C=O) groups excluding carboxylic acids is 1. The summed E-state index contributed by atoms with van der Waals surface area (Å²) >= 11 is 1.36. The molecule has 0 aliphatic heterocycles. The Kier molecular flexibility index (Phi) is 6.00. The number of rotatable bonds is 7. The standard InChI is InChI=1S/C20H24N6O3S2/c1-13-11-18(14(2)25(13)15-7-9-17(10-8-15)31(21,28)29)19(27)12-30-20-22-23-24-26(20)16-5-3-4-6-16/h7-11,16H,3-6,12H2,1-2H3,(H2,21,28,29). The summed E-state index contributed by atoms with van der Waals surface area (Å²) < 4.78 is 26.8. The van der Waals surface area contributed by atoms with Gasteiger partial charge < -0.3 is 4.57 Å². The Bertz CT molecular complexity index is 1210. The van der Waals surface area contributed by atoms with Crippen molar-refractivity contribution in [3.63, 3.8) is 0 Å². The molecule has 3 aromatic rings. The van der Waals surface area contributed by atoms with E-state index in [1.165, 1.54) is 36.7 Å². The summed E-state index contributed by atoms with van der Waals surface area (Å²) in [5.74, 6) is 0.230. The maximum Gasteiger partial charge on any atom is 0.238 e. The van der Waals surface area contributed by atoms with Crippen LogP contribution in [0.3, 0.4) is 0 Å². The number of tetrazole rings is 1. The highest BCUT2D eigenvalue weighted by atomic mass is 32.2. The lowest BCUT2D eigenvalue weighted by molar-refractivity contribution is 0.102. The van der Waals surface area contributed by atoms with Crippen LogP contribution in [0.5, 0.6) is 0 Å². The van der Waals surface area contributed by atoms with Gasteiger partial charge in [0.25, 0.3) is 0 Å². The van der Waals surface area contributed by atoms with Crippen molar-refractivity contribution in [3.05, 3.63) is 47.3 Å². The molecule has 0 saturated heterocycles. The second kappa shape index (κ2) is 8.56. The summed E-state index contributed by atoms with van der Waals surface area (Å²) in [5, 5.41) is 17.9. The zero-order valence-corrected chi connectivity index (χ0v) is 19.0. The van der Waals surface area contributed by atoms with Gasteiger partial charge in [-0.25, -0.2) is 18.2 Å². The molecule has 1 aliphatic carbocycles. The van der Waals surface area contributed by atoms with Crippen molar-refractivity contribution in [3.8, 4) is 5.69 Å². The van der Waals surface area contributed by atoms with E-state index in [0.717, 1.165) is 29.9 Å². The zero-order chi connectivity index (χ0) is 22.2. The van der Waals surface area contributed by atoms with Crippen LogP contribution in [0.4, 0.5) is 0 Å². The van der Waals surface area contributed by atoms with Crippen LogP contribution in [-0.4, -0.2) is 44.7 Å². The Morgan fingerprint density at radius 3 is 2.52 bits per heavy atom. The minimum Gasteiger partial charge on any atom is -0.318 e. The molecule has 164 valence electrons. The molecule has 31 heavy (non-hydrogen) atoms. The lowest BCUT2D eigenvalue weighted by Crippen LogP contribution is -2.12. The van der Waals surface area contributed by atoms with Crippen LogP contribution in [0.2, 0.25) is 0 Å². The van der Waals surface area contributed by atoms with Crippen molar-refractivity contribution in [1.82, 2.24) is 24.8 Å². The Hall–Kier alpha value is -2.50. The van der Waals surface area contributed by atoms with Gasteiger partial charge in [-0.1, -0.05) is 24.6 Å². The third-order valence-corrected chi connectivity index (χ3v) is 7.48. The number of nitrogens with zero attached hydrogens (tertiary/aromatic N) is 5. The Balaban J connectivity index is 1.52. The smallest absolute Gasteiger partial charge is 0.238 e. The van der Waals surface area contributed by atoms with E-state index in [4.69, 9.17) is 5.14 Å². The third kappa shape index (κ3) is 4.43. The van der Waals surface area contributed by atoms with Gasteiger partial charge in [0.1, 0.15) is 0 Å². The van der Waals surface area contributed by atoms with Gasteiger partial charge in [0.15, 0.2) is 5.78 Å². The van der Waals surface area contributed by atoms with E-state index in [-0.39, 0.29) is 16.4 Å². The van der Waals surface area contributed by atoms with Crippen LogP contribution in [0.1, 0.15) is 53.5 Å². The molecule has 0 unspecified atom stereocenters. The van der Waals surface area contributed by atoms with Crippen LogP contribution in [0, 0.1) is 13.8 Å². The Morgan fingerprint density at radius 2 is 1.87 bits per heavy atom. The first kappa shape index (κ1) is 21.7. The monoisotopic (exact) mass is 460 g/mol. The molecule has 11 heteroatoms. The van der Waals surface area contributed by atoms with Crippen LogP contribution < -0.4 is 5.14 Å². The zero-order valence-electron chi connectivity index (χ0n) is 17.4. The van der Waals surface area contributed by atoms with Gasteiger partial charge >= 0.3 is 0 Å². The summed E-state index contributed by atoms with van der Waals surface area (Å²) in [7, 11) is -3.75. The fourth-order valence-electron chi connectivity index (χ4n) is 4.09. The third-order valence-electron chi connectivity index (χ3n) is 5.62. The number of nitrogens with two attached hydrogens (primary N) is 1. The molecule has 2 aromatic heterocycles. The minimum atomic E-state index is -3.75. The molecule has 0 bridgehead atoms. The molecule has 4 rings (SSSR count). The molecule has 0 atom stereocenters. The van der Waals surface area contributed by atoms with Crippen LogP contribution >= 0.6 is 11.8 Å². The minimum absolute atomic E-state index is 0.00789. The van der Waals surface area contributed by atoms with Gasteiger partial charge in [-0.2, -0.15) is 0 Å². The fourth-order valence-corrected chi connectivity index (χ4v) is 5.44. The topological polar surface area (TPSA) is 126 Å². The van der Waals surface area contributed by atoms with E-state index in [2.05, 4.69) is 15.5 Å². The van der Waals surface area contributed by atoms with E-state index < -0.39 is 10.0 Å². The number of sulfonamides is 1. The number of primary sulfonamides is 1. The van der Waals surface area contributed by atoms with Crippen molar-refractivity contribution in [2.24, 2.45) is 5.14 Å². The molecular weight excluding hydrogens is 436 g/mol. The van der Waals surface area contributed by atoms with E-state index >= 15 is 0 Å². The average molecular weight is 461 g/mol. The molecular formula is C20H24N6O3S2. The number of aryl methyl sites for hydroxylation is 1. The summed E-state index contributed by atoms with van der Waals surface area (Å²) in [6.07, 6.45) is 4.49. The highest BCUT2D eigenvalue weighted by Gasteiger charge is 2.23. The van der Waals surface area contributed by atoms with E-state index in [0.29, 0.717) is 16.8 Å². The van der Waals surface area contributed by atoms with Gasteiger partial charge in [-0.15, -0.1) is 5.10 Å². The summed E-state index contributed by atoms with van der Waals surface area (Å²) in [6.45, 7) is 3.78. The maximum absolute atomic E-state index is 13.0. The van der Waals surface area contributed by atoms with Gasteiger partial charge in [-0.05, 0) is 67.4 Å². The number of aromatic nitrogens is 5. The largest absolute Gasteiger partial charge is 0.318 e. The number of carbonyl (C=O) groups is 1. The molecule has 1 aromatic carbocycles. The van der Waals surface area contributed by atoms with Gasteiger partial charge in [0.2, 0.25) is 15.2 Å². The molecule has 9 nitrogen and oxygen atoms in total. The van der Waals surface area contributed by atoms with Crippen LogP contribution in [-0.2, 0) is 10.0 Å². The molecule has 0 amide bonds. The van der Waals surface area contributed by atoms with Crippen molar-refractivity contribution >= 4 is 27.6 Å². The van der Waals surface area contributed by atoms with E-state index in [1.54, 1.807) is 12.1 Å². The van der Waals surface area contributed by atoms with Gasteiger partial charge in [0, 0.05) is 22.6 Å². The molecule has 0 spiro atoms. The van der Waals surface area contributed by atoms with Crippen LogP contribution in [0.15, 0.2) is 40.4 Å². The number of thioether (sulfide) groups is 1. The van der Waals surface area contributed by atoms with Crippen molar-refractivity contribution in [1.29, 1.82) is 0 Å². The van der Waals surface area contributed by atoms with Crippen molar-refractivity contribution < 1.29 is 13.2 Å². The predicted molar refractivity (Wildman–Crippen MR) is 117 cm³/mol. The summed E-state index contributed by atoms with van der Waals surface area (Å²) in [6, 6.07) is 8.45. The van der Waals surface area contributed by atoms with Crippen LogP contribution in [0.25, 0.3) is 5.69 Å². The Labute approximate surface area is 185 Å². The Morgan fingerprint density at radius 1 is 1.19 bits per heavy atom. The molecule has 1 fully saturated rings. The number of hydrogen-bond donors (Lipinski definition) is 1. The summed E-state index contributed by atoms with van der Waals surface area (Å²) in [4.78, 5) is 13.0. The second-order valence-corrected chi connectivity index (χ2v) is 10.2. The average Bonchev–Trinajstić information content (AvgIpc) is 3.46. The number of ketones is 1. The normalized spacial score (nSPS) is 14.9. The number of Topliss-reactive ketones (excluding diaryl/α,β-unsaturated/α-hetero) is 1. The summed E-state index contributed by atoms with van der Waals surface area (Å²) in [5.41, 5.74) is 3.06. The van der Waals surface area contributed by atoms with Gasteiger partial charge in [0.05, 0.1) is 16.7 Å². The molecule has 2 N–H and O–H groups in total. The molecule has 1 saturated carbocycles. The highest BCUT2D eigenvalue weighted by molar-refractivity contribution is 7.99. The molecule has 0 radical (unpaired) electrons. The molecule has 1 aliphatic rings. The van der Waals surface area contributed by atoms with Crippen molar-refractivity contribution in [2.45, 2.75) is 55.6 Å². The first-order valence-corrected chi connectivity index (χ1v) is 12.5. The molecule has 2 heterocycles. The predicted octanol–water partition coefficient (Wildman–Crippen LogP) is 2.82. The first-order chi connectivity index (χ1) is 14.8. The number of hydrogen-bond acceptors (Lipinski definition) is 7. The highest BCUT2D eigenvalue weighted by Crippen LogP contribution is 2.32. The van der Waals surface area contributed by atoms with E-state index in [9.17, 15) is 13.2 Å². The fraction of sp³-hybridized carbons (Fsp3) is 0.400. The lowest BCUT2D eigenvalue weighted by atomic mass is 10.2. The SMILES string of the molecule is Cc1cc(C(=O)CSc2nnnn2C2CCCC2)c(C)n1-c1ccc(S(N)(=O)=O)cc1. The van der Waals surface area contributed by atoms with Crippen molar-refractivity contribution in [2.75, 3.05) is 5.75 Å². The second-order valence-electron chi connectivity index (χ2n) is 7.72. The quantitative estimate of drug-likeness (QED) is 0.424. The first-order valence-electron chi connectivity index (χ1n) is 10.0. The lowest BCUT2D eigenvalue weighted by Gasteiger charge is -2.11. The van der Waals surface area contributed by atoms with Gasteiger partial charge in [-0.3, -0.25) is 4.79 Å². The van der Waals surface area contributed by atoms with E-state index in [1.807, 2.05) is 29.2 Å².